The number of hydrogen-bond acceptors (Lipinski definition) is 3. The van der Waals surface area contributed by atoms with Crippen LogP contribution < -0.4 is 5.32 Å². The molecule has 1 saturated heterocycles. The third kappa shape index (κ3) is 5.84. The van der Waals surface area contributed by atoms with Gasteiger partial charge in [0.15, 0.2) is 0 Å². The molecular formula is C15H29N3. The molecule has 1 heterocycles. The van der Waals surface area contributed by atoms with Crippen LogP contribution in [0.3, 0.4) is 0 Å². The van der Waals surface area contributed by atoms with Crippen LogP contribution in [-0.2, 0) is 0 Å². The minimum Gasteiger partial charge on any atom is -0.316 e. The topological polar surface area (TPSA) is 39.1 Å². The summed E-state index contributed by atoms with van der Waals surface area (Å²) in [5.41, 5.74) is 0.250. The molecule has 0 bridgehead atoms. The molecule has 104 valence electrons. The van der Waals surface area contributed by atoms with Crippen molar-refractivity contribution in [2.24, 2.45) is 11.3 Å². The second-order valence-electron chi connectivity index (χ2n) is 6.33. The molecule has 0 saturated carbocycles. The number of nitrogens with one attached hydrogen (secondary N) is 1. The van der Waals surface area contributed by atoms with E-state index in [0.717, 1.165) is 25.4 Å². The Kier molecular flexibility index (Phi) is 6.67. The van der Waals surface area contributed by atoms with Gasteiger partial charge in [-0.1, -0.05) is 20.8 Å². The summed E-state index contributed by atoms with van der Waals surface area (Å²) in [5.74, 6) is 0.847. The monoisotopic (exact) mass is 251 g/mol. The maximum Gasteiger partial charge on any atom is 0.0621 e. The standard InChI is InChI=1S/C15H29N3/c1-4-18-10-6-14(7-11-18)12-17-13-15(2,3)8-5-9-16/h14,17H,4-8,10-13H2,1-3H3. The largest absolute Gasteiger partial charge is 0.316 e. The first-order chi connectivity index (χ1) is 8.57. The molecule has 0 atom stereocenters. The molecular weight excluding hydrogens is 222 g/mol. The van der Waals surface area contributed by atoms with Gasteiger partial charge < -0.3 is 10.2 Å². The molecule has 1 aliphatic heterocycles. The Morgan fingerprint density at radius 3 is 2.56 bits per heavy atom. The molecule has 3 nitrogen and oxygen atoms in total. The van der Waals surface area contributed by atoms with Crippen molar-refractivity contribution in [3.8, 4) is 6.07 Å². The van der Waals surface area contributed by atoms with E-state index in [1.807, 2.05) is 0 Å². The fourth-order valence-corrected chi connectivity index (χ4v) is 2.60. The first-order valence-corrected chi connectivity index (χ1v) is 7.37. The van der Waals surface area contributed by atoms with Crippen LogP contribution in [0.15, 0.2) is 0 Å². The lowest BCUT2D eigenvalue weighted by molar-refractivity contribution is 0.186. The maximum atomic E-state index is 8.63. The number of rotatable bonds is 7. The average Bonchev–Trinajstić information content (AvgIpc) is 2.37. The van der Waals surface area contributed by atoms with Crippen molar-refractivity contribution in [3.63, 3.8) is 0 Å². The maximum absolute atomic E-state index is 8.63. The van der Waals surface area contributed by atoms with Crippen LogP contribution in [-0.4, -0.2) is 37.6 Å². The Morgan fingerprint density at radius 2 is 2.00 bits per heavy atom. The zero-order valence-corrected chi connectivity index (χ0v) is 12.3. The molecule has 1 rings (SSSR count). The summed E-state index contributed by atoms with van der Waals surface area (Å²) >= 11 is 0. The first-order valence-electron chi connectivity index (χ1n) is 7.37. The highest BCUT2D eigenvalue weighted by Gasteiger charge is 2.20. The van der Waals surface area contributed by atoms with Gasteiger partial charge in [0, 0.05) is 13.0 Å². The van der Waals surface area contributed by atoms with Gasteiger partial charge in [-0.3, -0.25) is 0 Å². The Labute approximate surface area is 113 Å². The van der Waals surface area contributed by atoms with Crippen molar-refractivity contribution in [2.45, 2.75) is 46.5 Å². The lowest BCUT2D eigenvalue weighted by atomic mass is 9.87. The minimum atomic E-state index is 0.250. The smallest absolute Gasteiger partial charge is 0.0621 e. The summed E-state index contributed by atoms with van der Waals surface area (Å²) in [5, 5.41) is 12.2. The SMILES string of the molecule is CCN1CCC(CNCC(C)(C)CCC#N)CC1. The number of likely N-dealkylation sites (tertiary alicyclic amines) is 1. The summed E-state index contributed by atoms with van der Waals surface area (Å²) in [6.07, 6.45) is 4.33. The van der Waals surface area contributed by atoms with E-state index in [9.17, 15) is 0 Å². The summed E-state index contributed by atoms with van der Waals surface area (Å²) in [6, 6.07) is 2.24. The molecule has 3 heteroatoms. The van der Waals surface area contributed by atoms with Crippen LogP contribution in [0.25, 0.3) is 0 Å². The van der Waals surface area contributed by atoms with E-state index in [4.69, 9.17) is 5.26 Å². The van der Waals surface area contributed by atoms with Crippen molar-refractivity contribution >= 4 is 0 Å². The molecule has 0 spiro atoms. The Balaban J connectivity index is 2.13. The van der Waals surface area contributed by atoms with Gasteiger partial charge in [0.1, 0.15) is 0 Å². The fourth-order valence-electron chi connectivity index (χ4n) is 2.60. The summed E-state index contributed by atoms with van der Waals surface area (Å²) in [7, 11) is 0. The quantitative estimate of drug-likeness (QED) is 0.756. The van der Waals surface area contributed by atoms with Crippen molar-refractivity contribution in [3.05, 3.63) is 0 Å². The van der Waals surface area contributed by atoms with E-state index in [-0.39, 0.29) is 5.41 Å². The van der Waals surface area contributed by atoms with Crippen molar-refractivity contribution < 1.29 is 0 Å². The normalized spacial score (nSPS) is 18.8. The first kappa shape index (κ1) is 15.5. The molecule has 0 aromatic heterocycles. The molecule has 18 heavy (non-hydrogen) atoms. The molecule has 1 fully saturated rings. The lowest BCUT2D eigenvalue weighted by Gasteiger charge is -2.32. The van der Waals surface area contributed by atoms with Crippen molar-refractivity contribution in [2.75, 3.05) is 32.7 Å². The van der Waals surface area contributed by atoms with E-state index in [1.54, 1.807) is 0 Å². The Hall–Kier alpha value is -0.590. The highest BCUT2D eigenvalue weighted by Crippen LogP contribution is 2.21. The van der Waals surface area contributed by atoms with Crippen LogP contribution in [0.2, 0.25) is 0 Å². The van der Waals surface area contributed by atoms with E-state index in [0.29, 0.717) is 6.42 Å². The van der Waals surface area contributed by atoms with Gasteiger partial charge in [0.2, 0.25) is 0 Å². The van der Waals surface area contributed by atoms with Gasteiger partial charge in [-0.25, -0.2) is 0 Å². The zero-order valence-electron chi connectivity index (χ0n) is 12.3. The second-order valence-corrected chi connectivity index (χ2v) is 6.33. The Bertz CT molecular complexity index is 259. The van der Waals surface area contributed by atoms with Crippen LogP contribution in [0.5, 0.6) is 0 Å². The van der Waals surface area contributed by atoms with Crippen LogP contribution in [0.4, 0.5) is 0 Å². The average molecular weight is 251 g/mol. The molecule has 0 amide bonds. The summed E-state index contributed by atoms with van der Waals surface area (Å²) < 4.78 is 0. The van der Waals surface area contributed by atoms with Gasteiger partial charge >= 0.3 is 0 Å². The van der Waals surface area contributed by atoms with E-state index in [2.05, 4.69) is 37.1 Å². The molecule has 1 aliphatic rings. The number of nitrogens with zero attached hydrogens (tertiary/aromatic N) is 2. The third-order valence-corrected chi connectivity index (χ3v) is 4.10. The molecule has 0 aromatic carbocycles. The van der Waals surface area contributed by atoms with Gasteiger partial charge in [0.25, 0.3) is 0 Å². The van der Waals surface area contributed by atoms with Gasteiger partial charge in [-0.2, -0.15) is 5.26 Å². The fraction of sp³-hybridized carbons (Fsp3) is 0.933. The predicted octanol–water partition coefficient (Wildman–Crippen LogP) is 2.64. The molecule has 0 unspecified atom stereocenters. The zero-order chi connectivity index (χ0) is 13.4. The highest BCUT2D eigenvalue weighted by molar-refractivity contribution is 4.80. The number of nitriles is 1. The van der Waals surface area contributed by atoms with E-state index in [1.165, 1.54) is 32.5 Å². The van der Waals surface area contributed by atoms with Gasteiger partial charge in [-0.15, -0.1) is 0 Å². The molecule has 0 aliphatic carbocycles. The van der Waals surface area contributed by atoms with Crippen molar-refractivity contribution in [1.82, 2.24) is 10.2 Å². The number of hydrogen-bond donors (Lipinski definition) is 1. The second kappa shape index (κ2) is 7.76. The number of piperidine rings is 1. The van der Waals surface area contributed by atoms with E-state index < -0.39 is 0 Å². The van der Waals surface area contributed by atoms with Crippen molar-refractivity contribution in [1.29, 1.82) is 5.26 Å². The van der Waals surface area contributed by atoms with Crippen LogP contribution in [0, 0.1) is 22.7 Å². The van der Waals surface area contributed by atoms with Crippen LogP contribution in [0.1, 0.15) is 46.5 Å². The van der Waals surface area contributed by atoms with E-state index >= 15 is 0 Å². The van der Waals surface area contributed by atoms with Gasteiger partial charge in [0.05, 0.1) is 6.07 Å². The predicted molar refractivity (Wildman–Crippen MR) is 76.3 cm³/mol. The summed E-state index contributed by atoms with van der Waals surface area (Å²) in [4.78, 5) is 2.54. The lowest BCUT2D eigenvalue weighted by Crippen LogP contribution is -2.39. The molecule has 0 aromatic rings. The highest BCUT2D eigenvalue weighted by atomic mass is 15.1. The molecule has 0 radical (unpaired) electrons. The summed E-state index contributed by atoms with van der Waals surface area (Å²) in [6.45, 7) is 12.6. The molecule has 1 N–H and O–H groups in total. The third-order valence-electron chi connectivity index (χ3n) is 4.10. The van der Waals surface area contributed by atoms with Crippen LogP contribution >= 0.6 is 0 Å². The Morgan fingerprint density at radius 1 is 1.33 bits per heavy atom. The van der Waals surface area contributed by atoms with Gasteiger partial charge in [-0.05, 0) is 56.8 Å². The minimum absolute atomic E-state index is 0.250.